The van der Waals surface area contributed by atoms with Gasteiger partial charge >= 0.3 is 5.97 Å². The van der Waals surface area contributed by atoms with Crippen molar-refractivity contribution in [3.05, 3.63) is 59.3 Å². The summed E-state index contributed by atoms with van der Waals surface area (Å²) in [5.74, 6) is -1.34. The van der Waals surface area contributed by atoms with Crippen molar-refractivity contribution in [1.82, 2.24) is 4.98 Å². The first kappa shape index (κ1) is 17.8. The normalized spacial score (nSPS) is 19.1. The Morgan fingerprint density at radius 1 is 1.19 bits per heavy atom. The highest BCUT2D eigenvalue weighted by atomic mass is 16.7. The van der Waals surface area contributed by atoms with Crippen LogP contribution in [0.25, 0.3) is 22.0 Å². The Labute approximate surface area is 159 Å². The second kappa shape index (κ2) is 6.86. The molecule has 1 aromatic heterocycles. The van der Waals surface area contributed by atoms with Gasteiger partial charge in [0.25, 0.3) is 5.79 Å². The van der Waals surface area contributed by atoms with Crippen LogP contribution in [0.5, 0.6) is 0 Å². The van der Waals surface area contributed by atoms with Crippen LogP contribution in [0.3, 0.4) is 0 Å². The van der Waals surface area contributed by atoms with Crippen molar-refractivity contribution in [3.8, 4) is 11.1 Å². The summed E-state index contributed by atoms with van der Waals surface area (Å²) in [6.45, 7) is 6.19. The van der Waals surface area contributed by atoms with Gasteiger partial charge in [0.15, 0.2) is 0 Å². The second-order valence-corrected chi connectivity index (χ2v) is 7.22. The topological polar surface area (TPSA) is 51.3 Å². The molecule has 2 heterocycles. The van der Waals surface area contributed by atoms with E-state index in [0.717, 1.165) is 24.1 Å². The van der Waals surface area contributed by atoms with Gasteiger partial charge in [-0.15, -0.1) is 0 Å². The standard InChI is InChI=1S/C23H25NO3/c1-4-13-23(27-16(3)25)22-19(12-14-26-23)21-18(10-7-11-20(21)24-22)17-9-6-5-8-15(17)2/h5-11,24H,4,12-14H2,1-3H3. The van der Waals surface area contributed by atoms with Crippen molar-refractivity contribution in [3.63, 3.8) is 0 Å². The first-order chi connectivity index (χ1) is 13.1. The number of hydrogen-bond acceptors (Lipinski definition) is 3. The molecule has 0 spiro atoms. The van der Waals surface area contributed by atoms with E-state index in [1.807, 2.05) is 0 Å². The maximum Gasteiger partial charge on any atom is 0.305 e. The van der Waals surface area contributed by atoms with Crippen molar-refractivity contribution in [2.75, 3.05) is 6.61 Å². The Balaban J connectivity index is 1.98. The number of aromatic amines is 1. The van der Waals surface area contributed by atoms with Gasteiger partial charge in [0.2, 0.25) is 0 Å². The Morgan fingerprint density at radius 2 is 1.96 bits per heavy atom. The molecule has 2 aromatic carbocycles. The van der Waals surface area contributed by atoms with Crippen LogP contribution in [0.2, 0.25) is 0 Å². The largest absolute Gasteiger partial charge is 0.427 e. The summed E-state index contributed by atoms with van der Waals surface area (Å²) in [4.78, 5) is 15.4. The van der Waals surface area contributed by atoms with Gasteiger partial charge in [-0.05, 0) is 48.1 Å². The molecule has 0 radical (unpaired) electrons. The van der Waals surface area contributed by atoms with Crippen molar-refractivity contribution >= 4 is 16.9 Å². The van der Waals surface area contributed by atoms with Crippen LogP contribution >= 0.6 is 0 Å². The summed E-state index contributed by atoms with van der Waals surface area (Å²) < 4.78 is 11.8. The zero-order valence-corrected chi connectivity index (χ0v) is 16.1. The average Bonchev–Trinajstić information content (AvgIpc) is 3.02. The lowest BCUT2D eigenvalue weighted by atomic mass is 9.91. The fourth-order valence-corrected chi connectivity index (χ4v) is 4.27. The van der Waals surface area contributed by atoms with E-state index in [-0.39, 0.29) is 5.97 Å². The fourth-order valence-electron chi connectivity index (χ4n) is 4.27. The molecule has 0 bridgehead atoms. The lowest BCUT2D eigenvalue weighted by molar-refractivity contribution is -0.247. The number of fused-ring (bicyclic) bond motifs is 3. The van der Waals surface area contributed by atoms with Crippen LogP contribution in [0, 0.1) is 6.92 Å². The molecule has 0 saturated heterocycles. The molecule has 1 atom stereocenters. The molecule has 4 heteroatoms. The molecule has 1 aliphatic heterocycles. The van der Waals surface area contributed by atoms with Gasteiger partial charge in [-0.25, -0.2) is 0 Å². The minimum absolute atomic E-state index is 0.325. The molecule has 3 aromatic rings. The number of carbonyl (C=O) groups excluding carboxylic acids is 1. The number of rotatable bonds is 4. The Kier molecular flexibility index (Phi) is 4.52. The Hall–Kier alpha value is -2.59. The van der Waals surface area contributed by atoms with Gasteiger partial charge in [0, 0.05) is 24.2 Å². The average molecular weight is 363 g/mol. The van der Waals surface area contributed by atoms with Crippen LogP contribution in [0.1, 0.15) is 43.5 Å². The number of benzene rings is 2. The van der Waals surface area contributed by atoms with Gasteiger partial charge in [0.05, 0.1) is 12.3 Å². The number of esters is 1. The predicted octanol–water partition coefficient (Wildman–Crippen LogP) is 5.23. The zero-order chi connectivity index (χ0) is 19.0. The zero-order valence-electron chi connectivity index (χ0n) is 16.1. The van der Waals surface area contributed by atoms with Gasteiger partial charge in [-0.1, -0.05) is 43.3 Å². The lowest BCUT2D eigenvalue weighted by Gasteiger charge is -2.36. The van der Waals surface area contributed by atoms with E-state index in [9.17, 15) is 4.79 Å². The lowest BCUT2D eigenvalue weighted by Crippen LogP contribution is -2.39. The van der Waals surface area contributed by atoms with Crippen molar-refractivity contribution < 1.29 is 14.3 Å². The highest BCUT2D eigenvalue weighted by Gasteiger charge is 2.43. The molecule has 4 rings (SSSR count). The molecule has 0 aliphatic carbocycles. The minimum Gasteiger partial charge on any atom is -0.427 e. The molecular weight excluding hydrogens is 338 g/mol. The van der Waals surface area contributed by atoms with Crippen LogP contribution in [-0.4, -0.2) is 17.6 Å². The third-order valence-electron chi connectivity index (χ3n) is 5.32. The van der Waals surface area contributed by atoms with Crippen molar-refractivity contribution in [2.24, 2.45) is 0 Å². The number of hydrogen-bond donors (Lipinski definition) is 1. The number of carbonyl (C=O) groups is 1. The SMILES string of the molecule is CCCC1(OC(C)=O)OCCc2c1[nH]c1cccc(-c3ccccc3C)c21. The van der Waals surface area contributed by atoms with Crippen LogP contribution in [0.4, 0.5) is 0 Å². The predicted molar refractivity (Wildman–Crippen MR) is 106 cm³/mol. The van der Waals surface area contributed by atoms with Crippen molar-refractivity contribution in [1.29, 1.82) is 0 Å². The molecule has 1 N–H and O–H groups in total. The Morgan fingerprint density at radius 3 is 2.70 bits per heavy atom. The first-order valence-corrected chi connectivity index (χ1v) is 9.59. The highest BCUT2D eigenvalue weighted by Crippen LogP contribution is 2.44. The fraction of sp³-hybridized carbons (Fsp3) is 0.348. The quantitative estimate of drug-likeness (QED) is 0.646. The molecule has 0 amide bonds. The molecule has 140 valence electrons. The highest BCUT2D eigenvalue weighted by molar-refractivity contribution is 5.99. The number of aromatic nitrogens is 1. The molecule has 1 unspecified atom stereocenters. The number of aryl methyl sites for hydroxylation is 1. The van der Waals surface area contributed by atoms with Crippen LogP contribution < -0.4 is 0 Å². The van der Waals surface area contributed by atoms with Gasteiger partial charge < -0.3 is 14.5 Å². The monoisotopic (exact) mass is 363 g/mol. The number of ether oxygens (including phenoxy) is 2. The van der Waals surface area contributed by atoms with E-state index in [4.69, 9.17) is 9.47 Å². The molecular formula is C23H25NO3. The maximum atomic E-state index is 11.8. The summed E-state index contributed by atoms with van der Waals surface area (Å²) in [6.07, 6.45) is 2.28. The van der Waals surface area contributed by atoms with E-state index in [2.05, 4.69) is 61.3 Å². The van der Waals surface area contributed by atoms with E-state index >= 15 is 0 Å². The molecule has 27 heavy (non-hydrogen) atoms. The summed E-state index contributed by atoms with van der Waals surface area (Å²) in [5, 5.41) is 1.21. The third-order valence-corrected chi connectivity index (χ3v) is 5.32. The van der Waals surface area contributed by atoms with Crippen LogP contribution in [0.15, 0.2) is 42.5 Å². The summed E-state index contributed by atoms with van der Waals surface area (Å²) in [5.41, 5.74) is 6.82. The van der Waals surface area contributed by atoms with Gasteiger partial charge in [0.1, 0.15) is 0 Å². The maximum absolute atomic E-state index is 11.8. The third kappa shape index (κ3) is 2.94. The van der Waals surface area contributed by atoms with E-state index in [1.165, 1.54) is 34.6 Å². The molecule has 1 aliphatic rings. The Bertz CT molecular complexity index is 1000. The van der Waals surface area contributed by atoms with E-state index in [1.54, 1.807) is 0 Å². The van der Waals surface area contributed by atoms with E-state index in [0.29, 0.717) is 13.0 Å². The summed E-state index contributed by atoms with van der Waals surface area (Å²) >= 11 is 0. The van der Waals surface area contributed by atoms with Crippen molar-refractivity contribution in [2.45, 2.75) is 45.8 Å². The van der Waals surface area contributed by atoms with Gasteiger partial charge in [-0.2, -0.15) is 0 Å². The minimum atomic E-state index is -1.02. The number of H-pyrrole nitrogens is 1. The second-order valence-electron chi connectivity index (χ2n) is 7.22. The summed E-state index contributed by atoms with van der Waals surface area (Å²) in [6, 6.07) is 14.8. The molecule has 0 fully saturated rings. The van der Waals surface area contributed by atoms with Gasteiger partial charge in [-0.3, -0.25) is 4.79 Å². The molecule has 0 saturated carbocycles. The number of nitrogens with one attached hydrogen (secondary N) is 1. The van der Waals surface area contributed by atoms with E-state index < -0.39 is 5.79 Å². The molecule has 4 nitrogen and oxygen atoms in total. The first-order valence-electron chi connectivity index (χ1n) is 9.59. The smallest absolute Gasteiger partial charge is 0.305 e. The summed E-state index contributed by atoms with van der Waals surface area (Å²) in [7, 11) is 0. The van der Waals surface area contributed by atoms with Crippen LogP contribution in [-0.2, 0) is 26.5 Å².